The van der Waals surface area contributed by atoms with Crippen LogP contribution < -0.4 is 4.90 Å². The molecule has 130 valence electrons. The molecule has 1 aliphatic rings. The number of hydrogen-bond donors (Lipinski definition) is 1. The van der Waals surface area contributed by atoms with E-state index < -0.39 is 0 Å². The predicted molar refractivity (Wildman–Crippen MR) is 96.0 cm³/mol. The van der Waals surface area contributed by atoms with E-state index in [2.05, 4.69) is 25.0 Å². The van der Waals surface area contributed by atoms with Crippen LogP contribution in [0.1, 0.15) is 17.1 Å². The zero-order valence-electron chi connectivity index (χ0n) is 14.2. The van der Waals surface area contributed by atoms with Crippen molar-refractivity contribution in [1.82, 2.24) is 25.1 Å². The minimum atomic E-state index is -0.195. The number of thiazole rings is 1. The summed E-state index contributed by atoms with van der Waals surface area (Å²) in [7, 11) is 0. The van der Waals surface area contributed by atoms with Gasteiger partial charge in [0, 0.05) is 19.6 Å². The summed E-state index contributed by atoms with van der Waals surface area (Å²) >= 11 is 1.63. The average Bonchev–Trinajstić information content (AvgIpc) is 3.30. The number of halogens is 1. The molecule has 0 spiro atoms. The number of hydrogen-bond acceptors (Lipinski definition) is 6. The Morgan fingerprint density at radius 2 is 1.96 bits per heavy atom. The highest BCUT2D eigenvalue weighted by atomic mass is 32.1. The summed E-state index contributed by atoms with van der Waals surface area (Å²) in [6, 6.07) is 6.71. The molecule has 1 aromatic carbocycles. The number of H-pyrrole nitrogens is 1. The van der Waals surface area contributed by atoms with E-state index in [-0.39, 0.29) is 5.82 Å². The molecule has 4 rings (SSSR count). The van der Waals surface area contributed by atoms with Crippen molar-refractivity contribution in [2.45, 2.75) is 20.4 Å². The molecule has 0 bridgehead atoms. The van der Waals surface area contributed by atoms with E-state index in [4.69, 9.17) is 4.98 Å². The van der Waals surface area contributed by atoms with E-state index in [0.717, 1.165) is 53.4 Å². The van der Waals surface area contributed by atoms with Crippen LogP contribution in [0.15, 0.2) is 24.3 Å². The van der Waals surface area contributed by atoms with Crippen LogP contribution in [0.3, 0.4) is 0 Å². The van der Waals surface area contributed by atoms with E-state index in [1.54, 1.807) is 11.3 Å². The fourth-order valence-corrected chi connectivity index (χ4v) is 3.97. The molecule has 1 N–H and O–H groups in total. The monoisotopic (exact) mass is 358 g/mol. The minimum absolute atomic E-state index is 0.195. The Labute approximate surface area is 149 Å². The number of nitrogens with one attached hydrogen (secondary N) is 1. The van der Waals surface area contributed by atoms with Crippen LogP contribution in [0, 0.1) is 19.7 Å². The Morgan fingerprint density at radius 3 is 2.68 bits per heavy atom. The first-order valence-electron chi connectivity index (χ1n) is 8.17. The zero-order valence-corrected chi connectivity index (χ0v) is 15.0. The third-order valence-electron chi connectivity index (χ3n) is 4.23. The number of aryl methyl sites for hydroxylation is 2. The second-order valence-electron chi connectivity index (χ2n) is 6.24. The highest BCUT2D eigenvalue weighted by Crippen LogP contribution is 2.33. The second-order valence-corrected chi connectivity index (χ2v) is 7.22. The third kappa shape index (κ3) is 3.40. The average molecular weight is 358 g/mol. The third-order valence-corrected chi connectivity index (χ3v) is 5.45. The largest absolute Gasteiger partial charge is 0.334 e. The summed E-state index contributed by atoms with van der Waals surface area (Å²) in [6.45, 7) is 7.41. The van der Waals surface area contributed by atoms with Gasteiger partial charge >= 0.3 is 0 Å². The lowest BCUT2D eigenvalue weighted by molar-refractivity contribution is 0.334. The normalized spacial score (nSPS) is 15.2. The highest BCUT2D eigenvalue weighted by Gasteiger charge is 2.24. The van der Waals surface area contributed by atoms with Gasteiger partial charge in [0.05, 0.1) is 17.2 Å². The molecule has 6 nitrogen and oxygen atoms in total. The Bertz CT molecular complexity index is 872. The molecular weight excluding hydrogens is 339 g/mol. The summed E-state index contributed by atoms with van der Waals surface area (Å²) in [5, 5.41) is 8.12. The first-order chi connectivity index (χ1) is 12.1. The predicted octanol–water partition coefficient (Wildman–Crippen LogP) is 2.96. The van der Waals surface area contributed by atoms with Gasteiger partial charge in [-0.3, -0.25) is 10.00 Å². The molecule has 0 aliphatic carbocycles. The number of rotatable bonds is 4. The molecule has 0 radical (unpaired) electrons. The van der Waals surface area contributed by atoms with Crippen molar-refractivity contribution in [2.75, 3.05) is 24.7 Å². The minimum Gasteiger partial charge on any atom is -0.334 e. The van der Waals surface area contributed by atoms with Gasteiger partial charge < -0.3 is 4.90 Å². The van der Waals surface area contributed by atoms with Crippen LogP contribution in [0.4, 0.5) is 9.52 Å². The Balaban J connectivity index is 1.46. The maximum Gasteiger partial charge on any atom is 0.193 e. The lowest BCUT2D eigenvalue weighted by atomic mass is 10.2. The molecule has 1 saturated heterocycles. The van der Waals surface area contributed by atoms with Gasteiger partial charge in [0.15, 0.2) is 11.0 Å². The van der Waals surface area contributed by atoms with Crippen LogP contribution in [0.25, 0.3) is 10.7 Å². The van der Waals surface area contributed by atoms with Crippen LogP contribution in [0.2, 0.25) is 0 Å². The van der Waals surface area contributed by atoms with Crippen molar-refractivity contribution in [3.8, 4) is 10.7 Å². The van der Waals surface area contributed by atoms with Crippen molar-refractivity contribution in [2.24, 2.45) is 0 Å². The molecule has 3 heterocycles. The SMILES string of the molecule is Cc1nc(-c2sc(N3CCN(Cc4ccc(F)cc4)C3)nc2C)n[nH]1. The standard InChI is InChI=1S/C17H19FN6S/c1-11-15(16-20-12(2)21-22-16)25-17(19-11)24-8-7-23(10-24)9-13-3-5-14(18)6-4-13/h3-6H,7-10H2,1-2H3,(H,20,21,22). The van der Waals surface area contributed by atoms with Gasteiger partial charge in [0.2, 0.25) is 0 Å². The molecule has 0 unspecified atom stereocenters. The van der Waals surface area contributed by atoms with E-state index >= 15 is 0 Å². The van der Waals surface area contributed by atoms with E-state index in [9.17, 15) is 4.39 Å². The topological polar surface area (TPSA) is 60.9 Å². The van der Waals surface area contributed by atoms with Gasteiger partial charge in [-0.05, 0) is 31.5 Å². The maximum atomic E-state index is 13.0. The van der Waals surface area contributed by atoms with Crippen LogP contribution in [0.5, 0.6) is 0 Å². The number of anilines is 1. The van der Waals surface area contributed by atoms with Crippen LogP contribution in [-0.2, 0) is 6.54 Å². The number of aromatic nitrogens is 4. The first kappa shape index (κ1) is 16.2. The lowest BCUT2D eigenvalue weighted by Gasteiger charge is -2.17. The number of nitrogens with zero attached hydrogens (tertiary/aromatic N) is 5. The quantitative estimate of drug-likeness (QED) is 0.777. The van der Waals surface area contributed by atoms with Crippen molar-refractivity contribution >= 4 is 16.5 Å². The molecule has 2 aromatic heterocycles. The molecule has 1 aliphatic heterocycles. The van der Waals surface area contributed by atoms with Crippen molar-refractivity contribution < 1.29 is 4.39 Å². The van der Waals surface area contributed by atoms with Gasteiger partial charge in [-0.15, -0.1) is 0 Å². The van der Waals surface area contributed by atoms with Crippen LogP contribution in [-0.4, -0.2) is 44.8 Å². The van der Waals surface area contributed by atoms with Gasteiger partial charge in [0.25, 0.3) is 0 Å². The molecule has 3 aromatic rings. The summed E-state index contributed by atoms with van der Waals surface area (Å²) < 4.78 is 13.0. The van der Waals surface area contributed by atoms with Crippen LogP contribution >= 0.6 is 11.3 Å². The summed E-state index contributed by atoms with van der Waals surface area (Å²) in [6.07, 6.45) is 0. The molecule has 8 heteroatoms. The zero-order chi connectivity index (χ0) is 17.4. The Morgan fingerprint density at radius 1 is 1.16 bits per heavy atom. The van der Waals surface area contributed by atoms with Gasteiger partial charge in [-0.2, -0.15) is 5.10 Å². The smallest absolute Gasteiger partial charge is 0.193 e. The molecule has 25 heavy (non-hydrogen) atoms. The van der Waals surface area contributed by atoms with E-state index in [1.807, 2.05) is 26.0 Å². The summed E-state index contributed by atoms with van der Waals surface area (Å²) in [5.41, 5.74) is 2.08. The van der Waals surface area contributed by atoms with Crippen molar-refractivity contribution in [3.63, 3.8) is 0 Å². The van der Waals surface area contributed by atoms with Gasteiger partial charge in [-0.25, -0.2) is 14.4 Å². The maximum absolute atomic E-state index is 13.0. The summed E-state index contributed by atoms with van der Waals surface area (Å²) in [4.78, 5) is 14.7. The Hall–Kier alpha value is -2.32. The molecule has 1 fully saturated rings. The van der Waals surface area contributed by atoms with Gasteiger partial charge in [0.1, 0.15) is 11.6 Å². The molecule has 0 saturated carbocycles. The number of aromatic amines is 1. The highest BCUT2D eigenvalue weighted by molar-refractivity contribution is 7.19. The van der Waals surface area contributed by atoms with Crippen molar-refractivity contribution in [3.05, 3.63) is 47.2 Å². The lowest BCUT2D eigenvalue weighted by Crippen LogP contribution is -2.24. The number of benzene rings is 1. The van der Waals surface area contributed by atoms with E-state index in [0.29, 0.717) is 5.82 Å². The fraction of sp³-hybridized carbons (Fsp3) is 0.353. The summed E-state index contributed by atoms with van der Waals surface area (Å²) in [5.74, 6) is 1.32. The van der Waals surface area contributed by atoms with Crippen molar-refractivity contribution in [1.29, 1.82) is 0 Å². The first-order valence-corrected chi connectivity index (χ1v) is 8.99. The molecule has 0 amide bonds. The molecule has 0 atom stereocenters. The second kappa shape index (κ2) is 6.53. The van der Waals surface area contributed by atoms with Gasteiger partial charge in [-0.1, -0.05) is 23.5 Å². The fourth-order valence-electron chi connectivity index (χ4n) is 2.95. The Kier molecular flexibility index (Phi) is 4.22. The van der Waals surface area contributed by atoms with E-state index in [1.165, 1.54) is 12.1 Å². The molecular formula is C17H19FN6S.